The third-order valence-corrected chi connectivity index (χ3v) is 9.92. The number of phenolic OH excluding ortho intramolecular Hbond substituents is 2. The topological polar surface area (TPSA) is 178 Å². The molecule has 5 rings (SSSR count). The number of amides is 1. The third kappa shape index (κ3) is 4.46. The highest BCUT2D eigenvalue weighted by Crippen LogP contribution is 2.51. The summed E-state index contributed by atoms with van der Waals surface area (Å²) in [6, 6.07) is 7.58. The highest BCUT2D eigenvalue weighted by molar-refractivity contribution is 7.98. The summed E-state index contributed by atoms with van der Waals surface area (Å²) in [6.07, 6.45) is 4.63. The van der Waals surface area contributed by atoms with Crippen molar-refractivity contribution in [2.75, 3.05) is 20.4 Å². The van der Waals surface area contributed by atoms with E-state index >= 15 is 0 Å². The summed E-state index contributed by atoms with van der Waals surface area (Å²) in [5.74, 6) is -9.13. The molecular weight excluding hydrogens is 560 g/mol. The van der Waals surface area contributed by atoms with E-state index < -0.39 is 64.7 Å². The molecule has 3 aliphatic carbocycles. The molecule has 1 amide bonds. The van der Waals surface area contributed by atoms with E-state index in [1.165, 1.54) is 17.8 Å². The smallest absolute Gasteiger partial charge is 0.230 e. The largest absolute Gasteiger partial charge is 0.507 e. The van der Waals surface area contributed by atoms with Crippen LogP contribution in [-0.2, 0) is 27.2 Å². The van der Waals surface area contributed by atoms with E-state index in [4.69, 9.17) is 5.73 Å². The van der Waals surface area contributed by atoms with Crippen LogP contribution in [0.1, 0.15) is 33.5 Å². The zero-order valence-electron chi connectivity index (χ0n) is 23.5. The minimum absolute atomic E-state index is 0.0417. The van der Waals surface area contributed by atoms with Crippen LogP contribution in [0.2, 0.25) is 0 Å². The number of likely N-dealkylation sites (N-methyl/N-ethyl adjacent to an activating group) is 1. The molecule has 42 heavy (non-hydrogen) atoms. The van der Waals surface area contributed by atoms with Gasteiger partial charge in [0.05, 0.1) is 17.6 Å². The van der Waals surface area contributed by atoms with Gasteiger partial charge in [-0.25, -0.2) is 0 Å². The maximum Gasteiger partial charge on any atom is 0.230 e. The SMILES string of the molecule is CSc1cccc(C/C=C\c2ccc(O)c3c2C[C@@H]2C[C@@H]4[C@@H](N(C)C)C(O)C(C(N)=O)C(=O)[C@]4(O)C(=O)C2C3=O)c1O. The van der Waals surface area contributed by atoms with Gasteiger partial charge in [-0.3, -0.25) is 19.2 Å². The highest BCUT2D eigenvalue weighted by Gasteiger charge is 2.69. The number of hydrogen-bond acceptors (Lipinski definition) is 10. The Morgan fingerprint density at radius 3 is 2.50 bits per heavy atom. The molecule has 2 saturated carbocycles. The Morgan fingerprint density at radius 2 is 1.86 bits per heavy atom. The zero-order valence-corrected chi connectivity index (χ0v) is 24.3. The average molecular weight is 595 g/mol. The van der Waals surface area contributed by atoms with Crippen LogP contribution in [-0.4, -0.2) is 86.7 Å². The first-order valence-electron chi connectivity index (χ1n) is 13.7. The molecule has 2 aromatic carbocycles. The molecule has 0 bridgehead atoms. The lowest BCUT2D eigenvalue weighted by Crippen LogP contribution is -2.75. The predicted molar refractivity (Wildman–Crippen MR) is 155 cm³/mol. The number of aliphatic hydroxyl groups excluding tert-OH is 1. The summed E-state index contributed by atoms with van der Waals surface area (Å²) in [7, 11) is 3.21. The number of allylic oxidation sites excluding steroid dienone is 1. The molecule has 3 unspecified atom stereocenters. The first-order valence-corrected chi connectivity index (χ1v) is 14.9. The molecule has 10 nitrogen and oxygen atoms in total. The number of benzene rings is 2. The van der Waals surface area contributed by atoms with E-state index in [2.05, 4.69) is 0 Å². The van der Waals surface area contributed by atoms with E-state index in [0.717, 1.165) is 10.5 Å². The van der Waals surface area contributed by atoms with Crippen LogP contribution in [0.25, 0.3) is 6.08 Å². The maximum atomic E-state index is 13.9. The number of carbonyl (C=O) groups is 4. The van der Waals surface area contributed by atoms with Crippen molar-refractivity contribution >= 4 is 41.1 Å². The second-order valence-electron chi connectivity index (χ2n) is 11.6. The van der Waals surface area contributed by atoms with Crippen LogP contribution in [0, 0.1) is 23.7 Å². The second kappa shape index (κ2) is 11.0. The average Bonchev–Trinajstić information content (AvgIpc) is 2.92. The fourth-order valence-corrected chi connectivity index (χ4v) is 7.75. The fourth-order valence-electron chi connectivity index (χ4n) is 7.21. The molecule has 0 radical (unpaired) electrons. The number of rotatable bonds is 6. The molecule has 0 spiro atoms. The minimum atomic E-state index is -2.69. The van der Waals surface area contributed by atoms with Crippen molar-refractivity contribution in [2.24, 2.45) is 29.4 Å². The van der Waals surface area contributed by atoms with E-state index in [9.17, 15) is 39.6 Å². The summed E-state index contributed by atoms with van der Waals surface area (Å²) in [5, 5.41) is 43.9. The van der Waals surface area contributed by atoms with Crippen molar-refractivity contribution in [1.82, 2.24) is 4.90 Å². The molecule has 3 aliphatic rings. The molecule has 0 saturated heterocycles. The van der Waals surface area contributed by atoms with Gasteiger partial charge in [-0.1, -0.05) is 30.4 Å². The zero-order chi connectivity index (χ0) is 30.7. The van der Waals surface area contributed by atoms with Gasteiger partial charge in [0.1, 0.15) is 17.4 Å². The summed E-state index contributed by atoms with van der Waals surface area (Å²) in [4.78, 5) is 55.7. The normalized spacial score (nSPS) is 30.8. The number of fused-ring (bicyclic) bond motifs is 3. The van der Waals surface area contributed by atoms with Gasteiger partial charge >= 0.3 is 0 Å². The van der Waals surface area contributed by atoms with E-state index in [0.29, 0.717) is 17.5 Å². The predicted octanol–water partition coefficient (Wildman–Crippen LogP) is 1.34. The number of para-hydroxylation sites is 1. The molecule has 0 aromatic heterocycles. The lowest BCUT2D eigenvalue weighted by atomic mass is 9.52. The van der Waals surface area contributed by atoms with Crippen LogP contribution in [0.15, 0.2) is 41.3 Å². The van der Waals surface area contributed by atoms with E-state index in [-0.39, 0.29) is 29.9 Å². The van der Waals surface area contributed by atoms with Gasteiger partial charge in [-0.2, -0.15) is 0 Å². The van der Waals surface area contributed by atoms with Crippen molar-refractivity contribution in [2.45, 2.75) is 41.9 Å². The molecule has 2 aromatic rings. The van der Waals surface area contributed by atoms with Crippen molar-refractivity contribution in [1.29, 1.82) is 0 Å². The van der Waals surface area contributed by atoms with Crippen LogP contribution in [0.5, 0.6) is 11.5 Å². The molecule has 0 heterocycles. The van der Waals surface area contributed by atoms with Crippen LogP contribution in [0.3, 0.4) is 0 Å². The number of nitrogens with two attached hydrogens (primary N) is 1. The number of ketones is 3. The monoisotopic (exact) mass is 594 g/mol. The molecular formula is C31H34N2O8S. The van der Waals surface area contributed by atoms with Crippen LogP contribution >= 0.6 is 11.8 Å². The lowest BCUT2D eigenvalue weighted by Gasteiger charge is -2.54. The van der Waals surface area contributed by atoms with Gasteiger partial charge in [0, 0.05) is 16.9 Å². The van der Waals surface area contributed by atoms with E-state index in [1.54, 1.807) is 31.1 Å². The van der Waals surface area contributed by atoms with Gasteiger partial charge in [0.15, 0.2) is 23.0 Å². The Labute approximate surface area is 247 Å². The number of Topliss-reactive ketones (excluding diaryl/α,β-unsaturated/α-hetero) is 3. The van der Waals surface area contributed by atoms with Crippen LogP contribution < -0.4 is 5.73 Å². The number of aromatic hydroxyl groups is 2. The highest BCUT2D eigenvalue weighted by atomic mass is 32.2. The number of carbonyl (C=O) groups excluding carboxylic acids is 4. The van der Waals surface area contributed by atoms with Gasteiger partial charge in [0.25, 0.3) is 0 Å². The Kier molecular flexibility index (Phi) is 7.82. The first kappa shape index (κ1) is 30.0. The van der Waals surface area contributed by atoms with Gasteiger partial charge < -0.3 is 31.1 Å². The number of thioether (sulfide) groups is 1. The standard InChI is InChI=1S/C31H34N2O8S/c1-33(2)24-18-13-16-12-17-14(6-4-7-15-8-5-9-20(42-3)25(15)35)10-11-19(34)22(17)26(36)21(16)28(38)31(18,41)29(39)23(27(24)37)30(32)40/h4-6,8-11,16,18,21,23-24,27,34-35,37,41H,7,12-13H2,1-3H3,(H2,32,40)/b6-4-/t16-,18-,21?,23?,24-,27?,31-/m1/s1. The number of primary amides is 1. The second-order valence-corrected chi connectivity index (χ2v) is 12.4. The molecule has 11 heteroatoms. The number of hydrogen-bond donors (Lipinski definition) is 5. The maximum absolute atomic E-state index is 13.9. The molecule has 2 fully saturated rings. The molecule has 0 aliphatic heterocycles. The quantitative estimate of drug-likeness (QED) is 0.242. The van der Waals surface area contributed by atoms with Crippen molar-refractivity contribution in [3.8, 4) is 11.5 Å². The Hall–Kier alpha value is -3.51. The molecule has 222 valence electrons. The Morgan fingerprint density at radius 1 is 1.14 bits per heavy atom. The summed E-state index contributed by atoms with van der Waals surface area (Å²) >= 11 is 1.43. The fraction of sp³-hybridized carbons (Fsp3) is 0.419. The Balaban J connectivity index is 1.53. The summed E-state index contributed by atoms with van der Waals surface area (Å²) < 4.78 is 0. The minimum Gasteiger partial charge on any atom is -0.507 e. The van der Waals surface area contributed by atoms with Crippen molar-refractivity contribution in [3.05, 3.63) is 58.7 Å². The summed E-state index contributed by atoms with van der Waals surface area (Å²) in [5.41, 5.74) is 4.60. The van der Waals surface area contributed by atoms with Crippen molar-refractivity contribution < 1.29 is 39.6 Å². The third-order valence-electron chi connectivity index (χ3n) is 9.15. The van der Waals surface area contributed by atoms with Crippen molar-refractivity contribution in [3.63, 3.8) is 0 Å². The first-order chi connectivity index (χ1) is 19.8. The number of aliphatic hydroxyl groups is 2. The van der Waals surface area contributed by atoms with E-state index in [1.807, 2.05) is 30.5 Å². The van der Waals surface area contributed by atoms with Gasteiger partial charge in [0.2, 0.25) is 5.91 Å². The lowest BCUT2D eigenvalue weighted by molar-refractivity contribution is -0.190. The summed E-state index contributed by atoms with van der Waals surface area (Å²) in [6.45, 7) is 0. The van der Waals surface area contributed by atoms with Gasteiger partial charge in [-0.15, -0.1) is 11.8 Å². The number of phenols is 2. The number of nitrogens with zero attached hydrogens (tertiary/aromatic N) is 1. The van der Waals surface area contributed by atoms with Crippen LogP contribution in [0.4, 0.5) is 0 Å². The molecule has 7 atom stereocenters. The van der Waals surface area contributed by atoms with Gasteiger partial charge in [-0.05, 0) is 74.4 Å². The Bertz CT molecular complexity index is 1520. The molecule has 6 N–H and O–H groups in total.